The highest BCUT2D eigenvalue weighted by Gasteiger charge is 2.51. The zero-order valence-corrected chi connectivity index (χ0v) is 20.5. The molecule has 3 aromatic carbocycles. The molecule has 0 fully saturated rings. The third-order valence-electron chi connectivity index (χ3n) is 4.99. The monoisotopic (exact) mass is 509 g/mol. The Hall–Kier alpha value is -2.62. The number of ether oxygens (including phenoxy) is 2. The summed E-state index contributed by atoms with van der Waals surface area (Å²) in [4.78, 5) is 3.04. The molecule has 0 aliphatic rings. The van der Waals surface area contributed by atoms with Crippen LogP contribution in [0.3, 0.4) is 0 Å². The van der Waals surface area contributed by atoms with E-state index in [0.717, 1.165) is 40.2 Å². The zero-order chi connectivity index (χ0) is 24.8. The standard InChI is InChI=1S/C25H26F2O5S2/c1-3-4-18-31-20-10-14-23(15-11-20)33(22-8-6-5-7-9-22)24-16-12-21(13-17-24)32-19(2)25(26,27)34(28,29)30/h5-17,19H,3-4,18H2,1-2H3/p+1. The van der Waals surface area contributed by atoms with Crippen LogP contribution in [0.2, 0.25) is 0 Å². The predicted molar refractivity (Wildman–Crippen MR) is 128 cm³/mol. The van der Waals surface area contributed by atoms with Crippen LogP contribution in [-0.2, 0) is 21.0 Å². The number of hydrogen-bond donors (Lipinski definition) is 1. The van der Waals surface area contributed by atoms with Gasteiger partial charge in [0.1, 0.15) is 11.5 Å². The maximum absolute atomic E-state index is 13.8. The van der Waals surface area contributed by atoms with Gasteiger partial charge in [-0.2, -0.15) is 17.2 Å². The average Bonchev–Trinajstić information content (AvgIpc) is 2.81. The second-order valence-electron chi connectivity index (χ2n) is 7.56. The van der Waals surface area contributed by atoms with Crippen molar-refractivity contribution in [1.29, 1.82) is 0 Å². The lowest BCUT2D eigenvalue weighted by atomic mass is 10.3. The summed E-state index contributed by atoms with van der Waals surface area (Å²) < 4.78 is 69.2. The maximum Gasteiger partial charge on any atom is 0.405 e. The molecule has 0 radical (unpaired) electrons. The minimum absolute atomic E-state index is 0.0656. The minimum atomic E-state index is -5.59. The number of rotatable bonds is 11. The molecule has 0 amide bonds. The quantitative estimate of drug-likeness (QED) is 0.189. The van der Waals surface area contributed by atoms with E-state index >= 15 is 0 Å². The number of hydrogen-bond acceptors (Lipinski definition) is 4. The molecule has 0 heterocycles. The van der Waals surface area contributed by atoms with Crippen molar-refractivity contribution in [2.75, 3.05) is 6.61 Å². The van der Waals surface area contributed by atoms with E-state index < -0.39 is 32.4 Å². The Morgan fingerprint density at radius 1 is 0.882 bits per heavy atom. The molecule has 0 aromatic heterocycles. The Labute approximate surface area is 201 Å². The molecule has 0 saturated heterocycles. The van der Waals surface area contributed by atoms with Gasteiger partial charge < -0.3 is 9.47 Å². The summed E-state index contributed by atoms with van der Waals surface area (Å²) in [5, 5.41) is -4.43. The molecule has 3 aromatic rings. The van der Waals surface area contributed by atoms with E-state index in [-0.39, 0.29) is 5.75 Å². The van der Waals surface area contributed by atoms with E-state index in [1.54, 1.807) is 12.1 Å². The van der Waals surface area contributed by atoms with E-state index in [0.29, 0.717) is 6.61 Å². The number of alkyl halides is 2. The largest absolute Gasteiger partial charge is 0.494 e. The molecule has 0 spiro atoms. The lowest BCUT2D eigenvalue weighted by molar-refractivity contribution is -0.0236. The summed E-state index contributed by atoms with van der Waals surface area (Å²) in [6, 6.07) is 24.3. The Bertz CT molecular complexity index is 1150. The topological polar surface area (TPSA) is 72.8 Å². The minimum Gasteiger partial charge on any atom is -0.494 e. The van der Waals surface area contributed by atoms with Gasteiger partial charge in [-0.1, -0.05) is 31.5 Å². The van der Waals surface area contributed by atoms with Crippen LogP contribution in [0.25, 0.3) is 0 Å². The smallest absolute Gasteiger partial charge is 0.405 e. The second-order valence-corrected chi connectivity index (χ2v) is 11.1. The molecule has 34 heavy (non-hydrogen) atoms. The van der Waals surface area contributed by atoms with Crippen LogP contribution in [0.5, 0.6) is 11.5 Å². The van der Waals surface area contributed by atoms with Crippen molar-refractivity contribution in [3.63, 3.8) is 0 Å². The summed E-state index contributed by atoms with van der Waals surface area (Å²) in [7, 11) is -6.07. The third-order valence-corrected chi connectivity index (χ3v) is 8.24. The number of unbranched alkanes of at least 4 members (excludes halogenated alkanes) is 1. The fraction of sp³-hybridized carbons (Fsp3) is 0.280. The van der Waals surface area contributed by atoms with Gasteiger partial charge in [0.2, 0.25) is 0 Å². The van der Waals surface area contributed by atoms with Crippen LogP contribution in [0.15, 0.2) is 93.5 Å². The van der Waals surface area contributed by atoms with Gasteiger partial charge >= 0.3 is 15.4 Å². The molecule has 5 nitrogen and oxygen atoms in total. The molecule has 1 N–H and O–H groups in total. The predicted octanol–water partition coefficient (Wildman–Crippen LogP) is 6.21. The van der Waals surface area contributed by atoms with Crippen molar-refractivity contribution >= 4 is 21.0 Å². The summed E-state index contributed by atoms with van der Waals surface area (Å²) in [6.07, 6.45) is -0.0260. The fourth-order valence-corrected chi connectivity index (χ4v) is 5.64. The lowest BCUT2D eigenvalue weighted by Crippen LogP contribution is -2.42. The summed E-state index contributed by atoms with van der Waals surface area (Å²) in [5.41, 5.74) is 0. The summed E-state index contributed by atoms with van der Waals surface area (Å²) in [6.45, 7) is 3.66. The first-order chi connectivity index (χ1) is 16.1. The maximum atomic E-state index is 13.8. The highest BCUT2D eigenvalue weighted by molar-refractivity contribution is 7.97. The lowest BCUT2D eigenvalue weighted by Gasteiger charge is -2.21. The van der Waals surface area contributed by atoms with E-state index in [9.17, 15) is 17.2 Å². The van der Waals surface area contributed by atoms with Gasteiger partial charge in [0.15, 0.2) is 20.8 Å². The third kappa shape index (κ3) is 6.28. The Morgan fingerprint density at radius 2 is 1.38 bits per heavy atom. The average molecular weight is 510 g/mol. The van der Waals surface area contributed by atoms with Crippen LogP contribution in [0.1, 0.15) is 26.7 Å². The van der Waals surface area contributed by atoms with Gasteiger partial charge in [-0.3, -0.25) is 4.55 Å². The van der Waals surface area contributed by atoms with Crippen molar-refractivity contribution < 1.29 is 31.2 Å². The summed E-state index contributed by atoms with van der Waals surface area (Å²) in [5.74, 6) is 0.863. The van der Waals surface area contributed by atoms with E-state index in [4.69, 9.17) is 14.0 Å². The van der Waals surface area contributed by atoms with E-state index in [1.165, 1.54) is 12.1 Å². The van der Waals surface area contributed by atoms with Crippen LogP contribution in [0.4, 0.5) is 8.78 Å². The number of benzene rings is 3. The molecule has 0 saturated carbocycles. The van der Waals surface area contributed by atoms with Crippen LogP contribution >= 0.6 is 0 Å². The molecule has 0 aliphatic heterocycles. The fourth-order valence-electron chi connectivity index (χ4n) is 3.11. The first-order valence-corrected chi connectivity index (χ1v) is 13.4. The van der Waals surface area contributed by atoms with E-state index in [1.807, 2.05) is 54.6 Å². The van der Waals surface area contributed by atoms with Gasteiger partial charge in [0.05, 0.1) is 17.5 Å². The molecule has 0 aliphatic carbocycles. The molecule has 9 heteroatoms. The molecular formula is C25H27F2O5S2+. The zero-order valence-electron chi connectivity index (χ0n) is 18.9. The molecule has 182 valence electrons. The molecule has 2 unspecified atom stereocenters. The highest BCUT2D eigenvalue weighted by Crippen LogP contribution is 2.34. The van der Waals surface area contributed by atoms with Crippen molar-refractivity contribution in [1.82, 2.24) is 0 Å². The first kappa shape index (κ1) is 26.0. The Balaban J connectivity index is 1.85. The van der Waals surface area contributed by atoms with Gasteiger partial charge in [-0.15, -0.1) is 0 Å². The van der Waals surface area contributed by atoms with Crippen LogP contribution in [0, 0.1) is 0 Å². The summed E-state index contributed by atoms with van der Waals surface area (Å²) >= 11 is 0. The van der Waals surface area contributed by atoms with Gasteiger partial charge in [-0.25, -0.2) is 0 Å². The van der Waals surface area contributed by atoms with Crippen molar-refractivity contribution in [3.8, 4) is 11.5 Å². The van der Waals surface area contributed by atoms with Gasteiger partial charge in [0, 0.05) is 0 Å². The number of halogens is 2. The first-order valence-electron chi connectivity index (χ1n) is 10.8. The molecule has 3 rings (SSSR count). The molecule has 0 bridgehead atoms. The molecule has 2 atom stereocenters. The van der Waals surface area contributed by atoms with Crippen molar-refractivity contribution in [2.45, 2.75) is 52.7 Å². The second kappa shape index (κ2) is 11.2. The highest BCUT2D eigenvalue weighted by atomic mass is 32.2. The Kier molecular flexibility index (Phi) is 8.57. The van der Waals surface area contributed by atoms with Gasteiger partial charge in [-0.05, 0) is 74.0 Å². The van der Waals surface area contributed by atoms with Crippen LogP contribution < -0.4 is 9.47 Å². The normalized spacial score (nSPS) is 13.8. The van der Waals surface area contributed by atoms with E-state index in [2.05, 4.69) is 6.92 Å². The van der Waals surface area contributed by atoms with Crippen LogP contribution in [-0.4, -0.2) is 30.9 Å². The Morgan fingerprint density at radius 3 is 1.88 bits per heavy atom. The van der Waals surface area contributed by atoms with Gasteiger partial charge in [0.25, 0.3) is 0 Å². The molecular weight excluding hydrogens is 482 g/mol. The SMILES string of the molecule is CCCCOc1ccc([S+](c2ccccc2)c2ccc(OC(C)C(F)(F)S(=O)(=O)O)cc2)cc1. The van der Waals surface area contributed by atoms with Crippen molar-refractivity contribution in [3.05, 3.63) is 78.9 Å². The van der Waals surface area contributed by atoms with Crippen molar-refractivity contribution in [2.24, 2.45) is 0 Å².